The Labute approximate surface area is 168 Å². The van der Waals surface area contributed by atoms with Gasteiger partial charge in [0.15, 0.2) is 0 Å². The Bertz CT molecular complexity index is 769. The third kappa shape index (κ3) is 5.10. The summed E-state index contributed by atoms with van der Waals surface area (Å²) in [6.07, 6.45) is 3.88. The highest BCUT2D eigenvalue weighted by molar-refractivity contribution is 5.86. The number of rotatable bonds is 5. The normalized spacial score (nSPS) is 17.5. The van der Waals surface area contributed by atoms with Crippen LogP contribution in [0.4, 0.5) is 10.6 Å². The molecule has 0 unspecified atom stereocenters. The maximum atomic E-state index is 12.4. The molecule has 1 aromatic heterocycles. The molecular weight excluding hydrogens is 350 g/mol. The Hall–Kier alpha value is -2.40. The second-order valence-electron chi connectivity index (χ2n) is 8.29. The van der Waals surface area contributed by atoms with Crippen LogP contribution in [0.2, 0.25) is 0 Å². The van der Waals surface area contributed by atoms with Crippen molar-refractivity contribution in [2.75, 3.05) is 18.0 Å². The minimum absolute atomic E-state index is 0.359. The average molecular weight is 382 g/mol. The zero-order valence-corrected chi connectivity index (χ0v) is 17.4. The molecule has 3 rings (SSSR count). The van der Waals surface area contributed by atoms with E-state index in [4.69, 9.17) is 4.74 Å². The first-order chi connectivity index (χ1) is 13.4. The smallest absolute Gasteiger partial charge is 0.415 e. The zero-order chi connectivity index (χ0) is 20.1. The molecule has 1 saturated heterocycles. The lowest BCUT2D eigenvalue weighted by molar-refractivity contribution is 0.0581. The zero-order valence-electron chi connectivity index (χ0n) is 17.4. The molecule has 1 atom stereocenters. The first-order valence-electron chi connectivity index (χ1n) is 10.1. The van der Waals surface area contributed by atoms with Crippen molar-refractivity contribution in [2.45, 2.75) is 58.7 Å². The molecule has 28 heavy (non-hydrogen) atoms. The number of ether oxygens (including phenoxy) is 1. The molecule has 0 aliphatic carbocycles. The number of carbonyl (C=O) groups is 1. The first-order valence-corrected chi connectivity index (χ1v) is 10.1. The van der Waals surface area contributed by atoms with Gasteiger partial charge in [0.2, 0.25) is 0 Å². The van der Waals surface area contributed by atoms with Gasteiger partial charge in [0.05, 0.1) is 0 Å². The summed E-state index contributed by atoms with van der Waals surface area (Å²) in [5.41, 5.74) is 2.02. The number of benzene rings is 1. The predicted molar refractivity (Wildman–Crippen MR) is 112 cm³/mol. The number of hydrogen-bond donors (Lipinski definition) is 0. The van der Waals surface area contributed by atoms with Gasteiger partial charge in [-0.2, -0.15) is 0 Å². The van der Waals surface area contributed by atoms with Gasteiger partial charge in [-0.3, -0.25) is 9.80 Å². The van der Waals surface area contributed by atoms with Crippen molar-refractivity contribution >= 4 is 11.9 Å². The van der Waals surface area contributed by atoms with Crippen molar-refractivity contribution < 1.29 is 9.53 Å². The summed E-state index contributed by atoms with van der Waals surface area (Å²) in [7, 11) is 0. The number of nitrogens with zero attached hydrogens (tertiary/aromatic N) is 3. The third-order valence-electron chi connectivity index (χ3n) is 4.95. The summed E-state index contributed by atoms with van der Waals surface area (Å²) >= 11 is 0. The quantitative estimate of drug-likeness (QED) is 0.716. The Morgan fingerprint density at radius 2 is 1.96 bits per heavy atom. The molecule has 1 aromatic carbocycles. The lowest BCUT2D eigenvalue weighted by Gasteiger charge is -2.27. The number of likely N-dealkylation sites (tertiary alicyclic amines) is 1. The maximum Gasteiger partial charge on any atom is 0.415 e. The molecule has 0 radical (unpaired) electrons. The summed E-state index contributed by atoms with van der Waals surface area (Å²) in [6, 6.07) is 15.0. The van der Waals surface area contributed by atoms with Crippen molar-refractivity contribution in [3.05, 3.63) is 59.8 Å². The lowest BCUT2D eigenvalue weighted by Crippen LogP contribution is -2.37. The van der Waals surface area contributed by atoms with Gasteiger partial charge in [0.25, 0.3) is 0 Å². The van der Waals surface area contributed by atoms with Gasteiger partial charge in [-0.15, -0.1) is 0 Å². The third-order valence-corrected chi connectivity index (χ3v) is 4.95. The summed E-state index contributed by atoms with van der Waals surface area (Å²) in [6.45, 7) is 10.1. The van der Waals surface area contributed by atoms with E-state index in [1.807, 2.05) is 40.0 Å². The van der Waals surface area contributed by atoms with Crippen molar-refractivity contribution in [2.24, 2.45) is 0 Å². The summed E-state index contributed by atoms with van der Waals surface area (Å²) in [5, 5.41) is 0. The van der Waals surface area contributed by atoms with E-state index in [-0.39, 0.29) is 6.09 Å². The molecule has 1 aliphatic rings. The van der Waals surface area contributed by atoms with Crippen LogP contribution in [0, 0.1) is 0 Å². The SMILES string of the molecule is CCN(C(=O)OC(C)(C)C)c1ccc([C@@H]2CCCN2Cc2ccccc2)cn1. The summed E-state index contributed by atoms with van der Waals surface area (Å²) in [4.78, 5) is 21.1. The molecular formula is C23H31N3O2. The second-order valence-corrected chi connectivity index (χ2v) is 8.29. The lowest BCUT2D eigenvalue weighted by atomic mass is 10.1. The topological polar surface area (TPSA) is 45.7 Å². The van der Waals surface area contributed by atoms with Crippen molar-refractivity contribution in [1.82, 2.24) is 9.88 Å². The molecule has 5 heteroatoms. The number of anilines is 1. The highest BCUT2D eigenvalue weighted by Gasteiger charge is 2.27. The number of pyridine rings is 1. The van der Waals surface area contributed by atoms with Gasteiger partial charge in [-0.25, -0.2) is 9.78 Å². The molecule has 1 fully saturated rings. The van der Waals surface area contributed by atoms with Gasteiger partial charge >= 0.3 is 6.09 Å². The standard InChI is InChI=1S/C23H31N3O2/c1-5-26(22(27)28-23(2,3)4)21-14-13-19(16-24-21)20-12-9-15-25(20)17-18-10-7-6-8-11-18/h6-8,10-11,13-14,16,20H,5,9,12,15,17H2,1-4H3/t20-/m0/s1. The molecule has 2 heterocycles. The molecule has 0 N–H and O–H groups in total. The fraction of sp³-hybridized carbons (Fsp3) is 0.478. The van der Waals surface area contributed by atoms with E-state index in [1.54, 1.807) is 4.90 Å². The Kier molecular flexibility index (Phi) is 6.35. The second kappa shape index (κ2) is 8.74. The Balaban J connectivity index is 1.71. The van der Waals surface area contributed by atoms with E-state index in [9.17, 15) is 4.79 Å². The van der Waals surface area contributed by atoms with Crippen LogP contribution in [0.1, 0.15) is 57.7 Å². The van der Waals surface area contributed by atoms with E-state index < -0.39 is 5.60 Å². The molecule has 150 valence electrons. The Morgan fingerprint density at radius 1 is 1.21 bits per heavy atom. The minimum Gasteiger partial charge on any atom is -0.443 e. The average Bonchev–Trinajstić information content (AvgIpc) is 3.10. The van der Waals surface area contributed by atoms with Gasteiger partial charge in [-0.1, -0.05) is 36.4 Å². The van der Waals surface area contributed by atoms with Gasteiger partial charge in [0, 0.05) is 25.3 Å². The van der Waals surface area contributed by atoms with E-state index >= 15 is 0 Å². The molecule has 0 bridgehead atoms. The predicted octanol–water partition coefficient (Wildman–Crippen LogP) is 5.18. The van der Waals surface area contributed by atoms with Crippen LogP contribution in [-0.2, 0) is 11.3 Å². The number of carbonyl (C=O) groups excluding carboxylic acids is 1. The fourth-order valence-electron chi connectivity index (χ4n) is 3.67. The van der Waals surface area contributed by atoms with E-state index in [0.29, 0.717) is 18.4 Å². The van der Waals surface area contributed by atoms with Gasteiger partial charge in [0.1, 0.15) is 11.4 Å². The summed E-state index contributed by atoms with van der Waals surface area (Å²) in [5.74, 6) is 0.633. The largest absolute Gasteiger partial charge is 0.443 e. The molecule has 1 aliphatic heterocycles. The van der Waals surface area contributed by atoms with Crippen LogP contribution in [-0.4, -0.2) is 34.7 Å². The van der Waals surface area contributed by atoms with Gasteiger partial charge in [-0.05, 0) is 64.3 Å². The fourth-order valence-corrected chi connectivity index (χ4v) is 3.67. The minimum atomic E-state index is -0.522. The van der Waals surface area contributed by atoms with Crippen LogP contribution in [0.5, 0.6) is 0 Å². The van der Waals surface area contributed by atoms with Crippen molar-refractivity contribution in [3.63, 3.8) is 0 Å². The molecule has 5 nitrogen and oxygen atoms in total. The van der Waals surface area contributed by atoms with Crippen molar-refractivity contribution in [1.29, 1.82) is 0 Å². The number of aromatic nitrogens is 1. The first kappa shape index (κ1) is 20.3. The highest BCUT2D eigenvalue weighted by Crippen LogP contribution is 2.33. The van der Waals surface area contributed by atoms with Crippen LogP contribution >= 0.6 is 0 Å². The monoisotopic (exact) mass is 381 g/mol. The van der Waals surface area contributed by atoms with E-state index in [0.717, 1.165) is 19.5 Å². The molecule has 2 aromatic rings. The summed E-state index contributed by atoms with van der Waals surface area (Å²) < 4.78 is 5.50. The van der Waals surface area contributed by atoms with E-state index in [1.165, 1.54) is 17.5 Å². The maximum absolute atomic E-state index is 12.4. The Morgan fingerprint density at radius 3 is 2.57 bits per heavy atom. The molecule has 0 spiro atoms. The van der Waals surface area contributed by atoms with Gasteiger partial charge < -0.3 is 4.74 Å². The van der Waals surface area contributed by atoms with Crippen LogP contribution in [0.3, 0.4) is 0 Å². The number of hydrogen-bond acceptors (Lipinski definition) is 4. The highest BCUT2D eigenvalue weighted by atomic mass is 16.6. The molecule has 1 amide bonds. The van der Waals surface area contributed by atoms with Crippen molar-refractivity contribution in [3.8, 4) is 0 Å². The van der Waals surface area contributed by atoms with Crippen LogP contribution in [0.25, 0.3) is 0 Å². The van der Waals surface area contributed by atoms with Crippen LogP contribution in [0.15, 0.2) is 48.7 Å². The molecule has 0 saturated carbocycles. The van der Waals surface area contributed by atoms with Crippen LogP contribution < -0.4 is 4.90 Å². The van der Waals surface area contributed by atoms with E-state index in [2.05, 4.69) is 46.3 Å². The number of amides is 1.